The lowest BCUT2D eigenvalue weighted by Crippen LogP contribution is -2.44. The van der Waals surface area contributed by atoms with Crippen molar-refractivity contribution in [3.63, 3.8) is 0 Å². The van der Waals surface area contributed by atoms with Gasteiger partial charge in [0, 0.05) is 18.3 Å². The van der Waals surface area contributed by atoms with Crippen molar-refractivity contribution < 1.29 is 9.50 Å². The van der Waals surface area contributed by atoms with E-state index in [-0.39, 0.29) is 5.82 Å². The minimum atomic E-state index is -1.18. The number of aromatic nitrogens is 1. The fourth-order valence-electron chi connectivity index (χ4n) is 2.44. The maximum atomic E-state index is 13.1. The summed E-state index contributed by atoms with van der Waals surface area (Å²) in [7, 11) is 0. The minimum absolute atomic E-state index is 0.316. The second-order valence-corrected chi connectivity index (χ2v) is 5.88. The third kappa shape index (κ3) is 2.71. The van der Waals surface area contributed by atoms with Crippen LogP contribution in [0.2, 0.25) is 0 Å². The number of thioether (sulfide) groups is 1. The summed E-state index contributed by atoms with van der Waals surface area (Å²) in [6.45, 7) is 2.54. The number of hydrogen-bond acceptors (Lipinski definition) is 4. The molecular formula is C16H16FN3OS. The largest absolute Gasteiger partial charge is 0.366 e. The first-order valence-corrected chi connectivity index (χ1v) is 8.00. The number of aliphatic hydroxyl groups is 1. The molecule has 0 aliphatic carbocycles. The molecular weight excluding hydrogens is 301 g/mol. The molecule has 2 aromatic rings. The molecule has 0 saturated carbocycles. The zero-order valence-corrected chi connectivity index (χ0v) is 12.9. The van der Waals surface area contributed by atoms with Crippen LogP contribution >= 0.6 is 11.8 Å². The standard InChI is InChI=1S/C16H16FN3OS/c1-2-20-15(19-14-5-3-4-10-18-14)22-11-16(20,21)12-6-8-13(17)9-7-12/h3-10,21H,2,11H2,1H3/b19-15+. The molecule has 1 unspecified atom stereocenters. The van der Waals surface area contributed by atoms with Gasteiger partial charge in [0.2, 0.25) is 0 Å². The first-order chi connectivity index (χ1) is 10.6. The van der Waals surface area contributed by atoms with Crippen LogP contribution in [0.25, 0.3) is 0 Å². The van der Waals surface area contributed by atoms with Crippen molar-refractivity contribution in [2.75, 3.05) is 12.3 Å². The quantitative estimate of drug-likeness (QED) is 0.945. The topological polar surface area (TPSA) is 48.7 Å². The highest BCUT2D eigenvalue weighted by Crippen LogP contribution is 2.39. The molecule has 4 nitrogen and oxygen atoms in total. The van der Waals surface area contributed by atoms with Crippen LogP contribution in [0.5, 0.6) is 0 Å². The van der Waals surface area contributed by atoms with Gasteiger partial charge in [0.25, 0.3) is 0 Å². The Hall–Kier alpha value is -1.92. The Morgan fingerprint density at radius 1 is 1.32 bits per heavy atom. The average Bonchev–Trinajstić information content (AvgIpc) is 2.86. The Labute approximate surface area is 132 Å². The molecule has 1 aliphatic rings. The summed E-state index contributed by atoms with van der Waals surface area (Å²) in [6, 6.07) is 11.5. The van der Waals surface area contributed by atoms with E-state index in [2.05, 4.69) is 9.98 Å². The van der Waals surface area contributed by atoms with Crippen LogP contribution in [-0.4, -0.2) is 32.5 Å². The summed E-state index contributed by atoms with van der Waals surface area (Å²) in [5, 5.41) is 11.8. The van der Waals surface area contributed by atoms with Crippen molar-refractivity contribution in [3.05, 3.63) is 60.0 Å². The van der Waals surface area contributed by atoms with Gasteiger partial charge < -0.3 is 10.0 Å². The molecule has 1 aromatic heterocycles. The van der Waals surface area contributed by atoms with Crippen molar-refractivity contribution in [3.8, 4) is 0 Å². The number of hydrogen-bond donors (Lipinski definition) is 1. The molecule has 0 spiro atoms. The van der Waals surface area contributed by atoms with Crippen molar-refractivity contribution in [1.29, 1.82) is 0 Å². The molecule has 114 valence electrons. The van der Waals surface area contributed by atoms with Gasteiger partial charge >= 0.3 is 0 Å². The highest BCUT2D eigenvalue weighted by atomic mass is 32.2. The summed E-state index contributed by atoms with van der Waals surface area (Å²) < 4.78 is 13.1. The van der Waals surface area contributed by atoms with E-state index in [4.69, 9.17) is 0 Å². The van der Waals surface area contributed by atoms with Gasteiger partial charge in [-0.1, -0.05) is 30.0 Å². The molecule has 1 saturated heterocycles. The Kier molecular flexibility index (Phi) is 4.13. The zero-order valence-electron chi connectivity index (χ0n) is 12.1. The predicted molar refractivity (Wildman–Crippen MR) is 86.5 cm³/mol. The fraction of sp³-hybridized carbons (Fsp3) is 0.250. The number of nitrogens with zero attached hydrogens (tertiary/aromatic N) is 3. The van der Waals surface area contributed by atoms with Gasteiger partial charge in [0.05, 0.1) is 5.75 Å². The van der Waals surface area contributed by atoms with Crippen LogP contribution in [0.3, 0.4) is 0 Å². The van der Waals surface area contributed by atoms with E-state index in [1.54, 1.807) is 18.3 Å². The van der Waals surface area contributed by atoms with Crippen LogP contribution in [0, 0.1) is 5.82 Å². The lowest BCUT2D eigenvalue weighted by molar-refractivity contribution is -0.0452. The van der Waals surface area contributed by atoms with Gasteiger partial charge in [-0.05, 0) is 31.2 Å². The average molecular weight is 317 g/mol. The van der Waals surface area contributed by atoms with Crippen molar-refractivity contribution >= 4 is 22.7 Å². The lowest BCUT2D eigenvalue weighted by Gasteiger charge is -2.33. The SMILES string of the molecule is CCN1/C(=N\c2ccccn2)SCC1(O)c1ccc(F)cc1. The van der Waals surface area contributed by atoms with E-state index in [0.717, 1.165) is 0 Å². The zero-order chi connectivity index (χ0) is 15.6. The second kappa shape index (κ2) is 6.06. The maximum Gasteiger partial charge on any atom is 0.175 e. The number of aliphatic imine (C=N–C) groups is 1. The smallest absolute Gasteiger partial charge is 0.175 e. The predicted octanol–water partition coefficient (Wildman–Crippen LogP) is 3.12. The molecule has 1 N–H and O–H groups in total. The summed E-state index contributed by atoms with van der Waals surface area (Å²) in [5.41, 5.74) is -0.518. The van der Waals surface area contributed by atoms with E-state index in [1.807, 2.05) is 30.0 Å². The molecule has 3 rings (SSSR count). The molecule has 2 heterocycles. The summed E-state index contributed by atoms with van der Waals surface area (Å²) in [4.78, 5) is 10.5. The monoisotopic (exact) mass is 317 g/mol. The second-order valence-electron chi connectivity index (χ2n) is 4.94. The van der Waals surface area contributed by atoms with Gasteiger partial charge in [-0.25, -0.2) is 14.4 Å². The van der Waals surface area contributed by atoms with E-state index < -0.39 is 5.72 Å². The van der Waals surface area contributed by atoms with Crippen LogP contribution in [0.15, 0.2) is 53.7 Å². The first-order valence-electron chi connectivity index (χ1n) is 7.02. The molecule has 22 heavy (non-hydrogen) atoms. The number of benzene rings is 1. The molecule has 0 radical (unpaired) electrons. The number of halogens is 1. The van der Waals surface area contributed by atoms with Crippen molar-refractivity contribution in [2.45, 2.75) is 12.6 Å². The van der Waals surface area contributed by atoms with E-state index >= 15 is 0 Å². The third-order valence-corrected chi connectivity index (χ3v) is 4.68. The minimum Gasteiger partial charge on any atom is -0.366 e. The van der Waals surface area contributed by atoms with Gasteiger partial charge in [0.1, 0.15) is 5.82 Å². The fourth-order valence-corrected chi connectivity index (χ4v) is 3.69. The van der Waals surface area contributed by atoms with E-state index in [0.29, 0.717) is 28.8 Å². The number of amidine groups is 1. The van der Waals surface area contributed by atoms with Crippen LogP contribution in [0.4, 0.5) is 10.2 Å². The van der Waals surface area contributed by atoms with E-state index in [9.17, 15) is 9.50 Å². The Morgan fingerprint density at radius 2 is 2.09 bits per heavy atom. The molecule has 1 aromatic carbocycles. The molecule has 0 amide bonds. The van der Waals surface area contributed by atoms with E-state index in [1.165, 1.54) is 23.9 Å². The highest BCUT2D eigenvalue weighted by Gasteiger charge is 2.44. The number of rotatable bonds is 3. The van der Waals surface area contributed by atoms with Gasteiger partial charge in [-0.3, -0.25) is 0 Å². The Morgan fingerprint density at radius 3 is 2.73 bits per heavy atom. The molecule has 1 aliphatic heterocycles. The Balaban J connectivity index is 1.95. The summed E-state index contributed by atoms with van der Waals surface area (Å²) in [6.07, 6.45) is 1.68. The molecule has 0 bridgehead atoms. The summed E-state index contributed by atoms with van der Waals surface area (Å²) in [5.74, 6) is 0.730. The van der Waals surface area contributed by atoms with Crippen LogP contribution in [-0.2, 0) is 5.72 Å². The van der Waals surface area contributed by atoms with Gasteiger partial charge in [0.15, 0.2) is 16.7 Å². The number of pyridine rings is 1. The normalized spacial score (nSPS) is 23.2. The molecule has 1 atom stereocenters. The third-order valence-electron chi connectivity index (χ3n) is 3.56. The van der Waals surface area contributed by atoms with Gasteiger partial charge in [-0.15, -0.1) is 0 Å². The summed E-state index contributed by atoms with van der Waals surface area (Å²) >= 11 is 1.47. The van der Waals surface area contributed by atoms with Crippen LogP contribution < -0.4 is 0 Å². The highest BCUT2D eigenvalue weighted by molar-refractivity contribution is 8.14. The first kappa shape index (κ1) is 15.0. The van der Waals surface area contributed by atoms with Crippen LogP contribution in [0.1, 0.15) is 12.5 Å². The molecule has 1 fully saturated rings. The van der Waals surface area contributed by atoms with Crippen molar-refractivity contribution in [2.24, 2.45) is 4.99 Å². The molecule has 6 heteroatoms. The maximum absolute atomic E-state index is 13.1. The van der Waals surface area contributed by atoms with Gasteiger partial charge in [-0.2, -0.15) is 0 Å². The van der Waals surface area contributed by atoms with Crippen molar-refractivity contribution in [1.82, 2.24) is 9.88 Å². The lowest BCUT2D eigenvalue weighted by atomic mass is 10.0. The Bertz CT molecular complexity index is 678.